The lowest BCUT2D eigenvalue weighted by Crippen LogP contribution is -2.60. The number of carbonyl (C=O) groups excluding carboxylic acids is 1. The third-order valence-corrected chi connectivity index (χ3v) is 7.83. The van der Waals surface area contributed by atoms with E-state index < -0.39 is 0 Å². The summed E-state index contributed by atoms with van der Waals surface area (Å²) in [4.78, 5) is 17.7. The number of amides is 1. The Balaban J connectivity index is 1.24. The molecule has 0 N–H and O–H groups in total. The zero-order chi connectivity index (χ0) is 17.8. The summed E-state index contributed by atoms with van der Waals surface area (Å²) in [6, 6.07) is 0.810. The van der Waals surface area contributed by atoms with Gasteiger partial charge in [-0.1, -0.05) is 0 Å². The van der Waals surface area contributed by atoms with Crippen LogP contribution >= 0.6 is 0 Å². The zero-order valence-electron chi connectivity index (χ0n) is 16.2. The van der Waals surface area contributed by atoms with Crippen molar-refractivity contribution in [1.29, 1.82) is 0 Å². The van der Waals surface area contributed by atoms with Crippen LogP contribution in [0.2, 0.25) is 0 Å². The molecule has 0 spiro atoms. The Morgan fingerprint density at radius 2 is 1.65 bits per heavy atom. The van der Waals surface area contributed by atoms with E-state index in [2.05, 4.69) is 21.8 Å². The van der Waals surface area contributed by atoms with Gasteiger partial charge in [0.25, 0.3) is 5.91 Å². The summed E-state index contributed by atoms with van der Waals surface area (Å²) < 4.78 is 1.91. The predicted octanol–water partition coefficient (Wildman–Crippen LogP) is 2.79. The molecular weight excluding hydrogens is 324 g/mol. The Morgan fingerprint density at radius 3 is 2.19 bits per heavy atom. The number of aryl methyl sites for hydroxylation is 1. The fraction of sp³-hybridized carbons (Fsp3) is 0.810. The molecule has 6 rings (SSSR count). The molecule has 1 amide bonds. The van der Waals surface area contributed by atoms with E-state index in [1.54, 1.807) is 6.20 Å². The first-order chi connectivity index (χ1) is 12.6. The monoisotopic (exact) mass is 356 g/mol. The molecule has 26 heavy (non-hydrogen) atoms. The van der Waals surface area contributed by atoms with Crippen molar-refractivity contribution in [2.75, 3.05) is 26.2 Å². The number of carbonyl (C=O) groups is 1. The van der Waals surface area contributed by atoms with Gasteiger partial charge in [0.15, 0.2) is 0 Å². The summed E-state index contributed by atoms with van der Waals surface area (Å²) in [7, 11) is 0. The average molecular weight is 357 g/mol. The molecule has 1 aromatic heterocycles. The standard InChI is InChI=1S/C21H32N4O/c1-3-25-14(2)19(13-22-25)21(26)24-6-4-23(5-7-24)20-17-9-15-8-16(11-17)12-18(20)10-15/h13,15-18,20H,3-12H2,1-2H3. The molecule has 0 radical (unpaired) electrons. The molecule has 5 fully saturated rings. The van der Waals surface area contributed by atoms with Crippen LogP contribution in [0.1, 0.15) is 55.1 Å². The summed E-state index contributed by atoms with van der Waals surface area (Å²) in [6.45, 7) is 8.75. The van der Waals surface area contributed by atoms with Gasteiger partial charge in [0.2, 0.25) is 0 Å². The molecule has 0 aromatic carbocycles. The van der Waals surface area contributed by atoms with Gasteiger partial charge >= 0.3 is 0 Å². The van der Waals surface area contributed by atoms with E-state index in [9.17, 15) is 4.79 Å². The van der Waals surface area contributed by atoms with Crippen molar-refractivity contribution in [3.8, 4) is 0 Å². The molecule has 5 nitrogen and oxygen atoms in total. The van der Waals surface area contributed by atoms with Gasteiger partial charge in [-0.05, 0) is 69.6 Å². The number of rotatable bonds is 3. The highest BCUT2D eigenvalue weighted by atomic mass is 16.2. The minimum atomic E-state index is 0.173. The summed E-state index contributed by atoms with van der Waals surface area (Å²) in [5.74, 6) is 4.13. The minimum Gasteiger partial charge on any atom is -0.336 e. The van der Waals surface area contributed by atoms with Crippen LogP contribution in [-0.4, -0.2) is 57.7 Å². The molecule has 142 valence electrons. The number of hydrogen-bond acceptors (Lipinski definition) is 3. The van der Waals surface area contributed by atoms with Crippen molar-refractivity contribution in [3.05, 3.63) is 17.5 Å². The van der Waals surface area contributed by atoms with Crippen LogP contribution < -0.4 is 0 Å². The largest absolute Gasteiger partial charge is 0.336 e. The van der Waals surface area contributed by atoms with Crippen LogP contribution in [0.4, 0.5) is 0 Å². The van der Waals surface area contributed by atoms with Crippen LogP contribution in [0.15, 0.2) is 6.20 Å². The average Bonchev–Trinajstić information content (AvgIpc) is 3.01. The molecule has 1 aromatic rings. The van der Waals surface area contributed by atoms with Gasteiger partial charge in [0, 0.05) is 44.5 Å². The molecule has 4 bridgehead atoms. The van der Waals surface area contributed by atoms with Crippen LogP contribution in [-0.2, 0) is 6.54 Å². The number of nitrogens with zero attached hydrogens (tertiary/aromatic N) is 4. The van der Waals surface area contributed by atoms with Crippen molar-refractivity contribution in [2.45, 2.75) is 58.5 Å². The van der Waals surface area contributed by atoms with Crippen LogP contribution in [0.3, 0.4) is 0 Å². The Kier molecular flexibility index (Phi) is 4.11. The van der Waals surface area contributed by atoms with E-state index in [-0.39, 0.29) is 5.91 Å². The Hall–Kier alpha value is -1.36. The lowest BCUT2D eigenvalue weighted by molar-refractivity contribution is -0.0743. The molecule has 5 heteroatoms. The van der Waals surface area contributed by atoms with Crippen molar-refractivity contribution >= 4 is 5.91 Å². The third-order valence-electron chi connectivity index (χ3n) is 7.83. The fourth-order valence-electron chi connectivity index (χ4n) is 6.86. The molecule has 1 aliphatic heterocycles. The highest BCUT2D eigenvalue weighted by molar-refractivity contribution is 5.95. The molecule has 4 aliphatic carbocycles. The van der Waals surface area contributed by atoms with E-state index in [0.717, 1.165) is 73.7 Å². The Bertz CT molecular complexity index is 660. The van der Waals surface area contributed by atoms with Crippen molar-refractivity contribution < 1.29 is 4.79 Å². The first-order valence-corrected chi connectivity index (χ1v) is 10.7. The third kappa shape index (κ3) is 2.62. The van der Waals surface area contributed by atoms with Gasteiger partial charge in [0.05, 0.1) is 11.8 Å². The lowest BCUT2D eigenvalue weighted by atomic mass is 9.54. The fourth-order valence-corrected chi connectivity index (χ4v) is 6.86. The van der Waals surface area contributed by atoms with Crippen molar-refractivity contribution in [2.24, 2.45) is 23.7 Å². The minimum absolute atomic E-state index is 0.173. The number of aromatic nitrogens is 2. The van der Waals surface area contributed by atoms with Crippen molar-refractivity contribution in [1.82, 2.24) is 19.6 Å². The molecule has 0 atom stereocenters. The van der Waals surface area contributed by atoms with E-state index >= 15 is 0 Å². The molecule has 1 saturated heterocycles. The normalized spacial score (nSPS) is 36.7. The van der Waals surface area contributed by atoms with Gasteiger partial charge in [-0.3, -0.25) is 14.4 Å². The van der Waals surface area contributed by atoms with E-state index in [1.165, 1.54) is 32.1 Å². The smallest absolute Gasteiger partial charge is 0.257 e. The lowest BCUT2D eigenvalue weighted by Gasteiger charge is -2.58. The maximum atomic E-state index is 12.9. The van der Waals surface area contributed by atoms with Gasteiger partial charge in [0.1, 0.15) is 0 Å². The SMILES string of the molecule is CCn1ncc(C(=O)N2CCN(C3C4CC5CC(C4)CC3C5)CC2)c1C. The molecule has 4 saturated carbocycles. The van der Waals surface area contributed by atoms with Crippen LogP contribution in [0.25, 0.3) is 0 Å². The Morgan fingerprint density at radius 1 is 1.04 bits per heavy atom. The first kappa shape index (κ1) is 16.8. The van der Waals surface area contributed by atoms with Gasteiger partial charge in [-0.25, -0.2) is 0 Å². The summed E-state index contributed by atoms with van der Waals surface area (Å²) in [5.41, 5.74) is 1.79. The second-order valence-corrected chi connectivity index (χ2v) is 9.21. The quantitative estimate of drug-likeness (QED) is 0.836. The first-order valence-electron chi connectivity index (χ1n) is 10.7. The van der Waals surface area contributed by atoms with Crippen molar-refractivity contribution in [3.63, 3.8) is 0 Å². The summed E-state index contributed by atoms with van der Waals surface area (Å²) in [5, 5.41) is 4.35. The van der Waals surface area contributed by atoms with Gasteiger partial charge in [-0.2, -0.15) is 5.10 Å². The second kappa shape index (κ2) is 6.36. The molecule has 2 heterocycles. The maximum absolute atomic E-state index is 12.9. The molecule has 0 unspecified atom stereocenters. The Labute approximate surface area is 156 Å². The van der Waals surface area contributed by atoms with Gasteiger partial charge < -0.3 is 4.90 Å². The summed E-state index contributed by atoms with van der Waals surface area (Å²) >= 11 is 0. The predicted molar refractivity (Wildman–Crippen MR) is 101 cm³/mol. The number of hydrogen-bond donors (Lipinski definition) is 0. The van der Waals surface area contributed by atoms with E-state index in [1.807, 2.05) is 11.6 Å². The molecule has 5 aliphatic rings. The second-order valence-electron chi connectivity index (χ2n) is 9.21. The number of piperazine rings is 1. The zero-order valence-corrected chi connectivity index (χ0v) is 16.2. The summed E-state index contributed by atoms with van der Waals surface area (Å²) in [6.07, 6.45) is 9.19. The van der Waals surface area contributed by atoms with Gasteiger partial charge in [-0.15, -0.1) is 0 Å². The topological polar surface area (TPSA) is 41.4 Å². The van der Waals surface area contributed by atoms with Crippen LogP contribution in [0, 0.1) is 30.6 Å². The highest BCUT2D eigenvalue weighted by Gasteiger charge is 2.50. The van der Waals surface area contributed by atoms with E-state index in [4.69, 9.17) is 0 Å². The highest BCUT2D eigenvalue weighted by Crippen LogP contribution is 2.55. The van der Waals surface area contributed by atoms with Crippen LogP contribution in [0.5, 0.6) is 0 Å². The maximum Gasteiger partial charge on any atom is 0.257 e. The molecular formula is C21H32N4O. The van der Waals surface area contributed by atoms with E-state index in [0.29, 0.717) is 0 Å².